The van der Waals surface area contributed by atoms with E-state index in [-0.39, 0.29) is 11.9 Å². The summed E-state index contributed by atoms with van der Waals surface area (Å²) in [4.78, 5) is 14.5. The van der Waals surface area contributed by atoms with Crippen LogP contribution in [0, 0.1) is 5.92 Å². The van der Waals surface area contributed by atoms with E-state index in [0.29, 0.717) is 27.3 Å². The molecule has 1 saturated heterocycles. The Balaban J connectivity index is 2.08. The Morgan fingerprint density at radius 1 is 1.50 bits per heavy atom. The first kappa shape index (κ1) is 15.4. The molecule has 6 heteroatoms. The number of benzene rings is 1. The Morgan fingerprint density at radius 2 is 2.20 bits per heavy atom. The van der Waals surface area contributed by atoms with E-state index in [1.165, 1.54) is 0 Å². The minimum Gasteiger partial charge on any atom is -0.397 e. The van der Waals surface area contributed by atoms with E-state index in [4.69, 9.17) is 28.9 Å². The van der Waals surface area contributed by atoms with Crippen molar-refractivity contribution >= 4 is 40.5 Å². The molecular formula is C14H19Cl2N3O. The molecule has 20 heavy (non-hydrogen) atoms. The molecule has 2 unspecified atom stereocenters. The number of nitrogen functional groups attached to an aromatic ring is 1. The predicted octanol–water partition coefficient (Wildman–Crippen LogP) is 3.24. The second-order valence-electron chi connectivity index (χ2n) is 5.41. The zero-order chi connectivity index (χ0) is 14.9. The van der Waals surface area contributed by atoms with Gasteiger partial charge in [0.1, 0.15) is 0 Å². The van der Waals surface area contributed by atoms with Crippen molar-refractivity contribution < 1.29 is 4.79 Å². The third-order valence-electron chi connectivity index (χ3n) is 3.72. The van der Waals surface area contributed by atoms with Gasteiger partial charge in [-0.1, -0.05) is 30.1 Å². The highest BCUT2D eigenvalue weighted by atomic mass is 35.5. The highest BCUT2D eigenvalue weighted by Crippen LogP contribution is 2.32. The van der Waals surface area contributed by atoms with Gasteiger partial charge in [-0.25, -0.2) is 0 Å². The molecule has 1 aromatic rings. The number of nitrogens with two attached hydrogens (primary N) is 1. The SMILES string of the molecule is CC1CCN(C(C)C(=O)Nc2c(N)cc(Cl)cc2Cl)C1. The molecular weight excluding hydrogens is 297 g/mol. The normalized spacial score (nSPS) is 20.9. The number of carbonyl (C=O) groups is 1. The summed E-state index contributed by atoms with van der Waals surface area (Å²) in [6, 6.07) is 2.94. The summed E-state index contributed by atoms with van der Waals surface area (Å²) in [6.45, 7) is 5.98. The minimum absolute atomic E-state index is 0.102. The molecule has 2 atom stereocenters. The number of nitrogens with one attached hydrogen (secondary N) is 1. The predicted molar refractivity (Wildman–Crippen MR) is 84.3 cm³/mol. The van der Waals surface area contributed by atoms with Crippen LogP contribution in [0.25, 0.3) is 0 Å². The van der Waals surface area contributed by atoms with E-state index in [9.17, 15) is 4.79 Å². The van der Waals surface area contributed by atoms with Crippen LogP contribution in [0.1, 0.15) is 20.3 Å². The third-order valence-corrected chi connectivity index (χ3v) is 4.23. The van der Waals surface area contributed by atoms with Gasteiger partial charge in [-0.2, -0.15) is 0 Å². The number of likely N-dealkylation sites (tertiary alicyclic amines) is 1. The summed E-state index contributed by atoms with van der Waals surface area (Å²) < 4.78 is 0. The smallest absolute Gasteiger partial charge is 0.241 e. The number of hydrogen-bond acceptors (Lipinski definition) is 3. The Kier molecular flexibility index (Phi) is 4.78. The number of hydrogen-bond donors (Lipinski definition) is 2. The summed E-state index contributed by atoms with van der Waals surface area (Å²) >= 11 is 11.9. The van der Waals surface area contributed by atoms with Crippen LogP contribution < -0.4 is 11.1 Å². The largest absolute Gasteiger partial charge is 0.397 e. The first-order valence-electron chi connectivity index (χ1n) is 6.68. The van der Waals surface area contributed by atoms with Crippen LogP contribution in [0.2, 0.25) is 10.0 Å². The topological polar surface area (TPSA) is 58.4 Å². The van der Waals surface area contributed by atoms with Gasteiger partial charge in [-0.05, 0) is 37.9 Å². The molecule has 1 heterocycles. The van der Waals surface area contributed by atoms with E-state index >= 15 is 0 Å². The van der Waals surface area contributed by atoms with E-state index in [1.807, 2.05) is 6.92 Å². The lowest BCUT2D eigenvalue weighted by Gasteiger charge is -2.23. The van der Waals surface area contributed by atoms with Crippen LogP contribution in [-0.4, -0.2) is 29.9 Å². The maximum absolute atomic E-state index is 12.3. The van der Waals surface area contributed by atoms with E-state index < -0.39 is 0 Å². The first-order chi connectivity index (χ1) is 9.38. The van der Waals surface area contributed by atoms with Crippen LogP contribution >= 0.6 is 23.2 Å². The molecule has 1 fully saturated rings. The number of nitrogens with zero attached hydrogens (tertiary/aromatic N) is 1. The molecule has 1 aromatic carbocycles. The molecule has 2 rings (SSSR count). The Bertz CT molecular complexity index is 498. The maximum atomic E-state index is 12.3. The molecule has 1 aliphatic rings. The van der Waals surface area contributed by atoms with Gasteiger partial charge in [0.05, 0.1) is 22.4 Å². The van der Waals surface area contributed by atoms with Crippen LogP contribution in [-0.2, 0) is 4.79 Å². The second kappa shape index (κ2) is 6.20. The molecule has 0 saturated carbocycles. The third kappa shape index (κ3) is 3.37. The molecule has 0 aliphatic carbocycles. The molecule has 4 nitrogen and oxygen atoms in total. The van der Waals surface area contributed by atoms with Gasteiger partial charge >= 0.3 is 0 Å². The van der Waals surface area contributed by atoms with Gasteiger partial charge in [-0.3, -0.25) is 9.69 Å². The van der Waals surface area contributed by atoms with Crippen molar-refractivity contribution in [3.8, 4) is 0 Å². The minimum atomic E-state index is -0.203. The summed E-state index contributed by atoms with van der Waals surface area (Å²) in [5.41, 5.74) is 6.65. The van der Waals surface area contributed by atoms with Crippen molar-refractivity contribution in [1.29, 1.82) is 0 Å². The molecule has 0 spiro atoms. The van der Waals surface area contributed by atoms with Gasteiger partial charge in [-0.15, -0.1) is 0 Å². The molecule has 0 aromatic heterocycles. The standard InChI is InChI=1S/C14H19Cl2N3O/c1-8-3-4-19(7-8)9(2)14(20)18-13-11(16)5-10(15)6-12(13)17/h5-6,8-9H,3-4,7,17H2,1-2H3,(H,18,20). The van der Waals surface area contributed by atoms with Gasteiger partial charge in [0.15, 0.2) is 0 Å². The molecule has 110 valence electrons. The fraction of sp³-hybridized carbons (Fsp3) is 0.500. The average molecular weight is 316 g/mol. The van der Waals surface area contributed by atoms with Crippen LogP contribution in [0.5, 0.6) is 0 Å². The fourth-order valence-electron chi connectivity index (χ4n) is 2.44. The lowest BCUT2D eigenvalue weighted by atomic mass is 10.2. The van der Waals surface area contributed by atoms with Crippen LogP contribution in [0.4, 0.5) is 11.4 Å². The van der Waals surface area contributed by atoms with Gasteiger partial charge in [0.25, 0.3) is 0 Å². The van der Waals surface area contributed by atoms with E-state index in [1.54, 1.807) is 12.1 Å². The summed E-state index contributed by atoms with van der Waals surface area (Å²) in [6.07, 6.45) is 1.13. The van der Waals surface area contributed by atoms with Crippen molar-refractivity contribution in [3.63, 3.8) is 0 Å². The monoisotopic (exact) mass is 315 g/mol. The first-order valence-corrected chi connectivity index (χ1v) is 7.43. The van der Waals surface area contributed by atoms with Crippen LogP contribution in [0.15, 0.2) is 12.1 Å². The van der Waals surface area contributed by atoms with Crippen molar-refractivity contribution in [1.82, 2.24) is 4.90 Å². The molecule has 3 N–H and O–H groups in total. The zero-order valence-corrected chi connectivity index (χ0v) is 13.1. The van der Waals surface area contributed by atoms with E-state index in [2.05, 4.69) is 17.1 Å². The molecule has 0 bridgehead atoms. The number of halogens is 2. The van der Waals surface area contributed by atoms with E-state index in [0.717, 1.165) is 19.5 Å². The Labute approximate surface area is 129 Å². The Hall–Kier alpha value is -0.970. The van der Waals surface area contributed by atoms with Gasteiger partial charge < -0.3 is 11.1 Å². The fourth-order valence-corrected chi connectivity index (χ4v) is 3.00. The zero-order valence-electron chi connectivity index (χ0n) is 11.6. The highest BCUT2D eigenvalue weighted by Gasteiger charge is 2.28. The van der Waals surface area contributed by atoms with Crippen molar-refractivity contribution in [3.05, 3.63) is 22.2 Å². The molecule has 1 amide bonds. The molecule has 1 aliphatic heterocycles. The lowest BCUT2D eigenvalue weighted by molar-refractivity contribution is -0.120. The Morgan fingerprint density at radius 3 is 2.75 bits per heavy atom. The summed E-state index contributed by atoms with van der Waals surface area (Å²) in [5.74, 6) is 0.532. The summed E-state index contributed by atoms with van der Waals surface area (Å²) in [5, 5.41) is 3.60. The lowest BCUT2D eigenvalue weighted by Crippen LogP contribution is -2.40. The maximum Gasteiger partial charge on any atom is 0.241 e. The quantitative estimate of drug-likeness (QED) is 0.842. The summed E-state index contributed by atoms with van der Waals surface area (Å²) in [7, 11) is 0. The number of rotatable bonds is 3. The number of carbonyl (C=O) groups excluding carboxylic acids is 1. The highest BCUT2D eigenvalue weighted by molar-refractivity contribution is 6.37. The van der Waals surface area contributed by atoms with Gasteiger partial charge in [0, 0.05) is 11.6 Å². The van der Waals surface area contributed by atoms with Crippen molar-refractivity contribution in [2.75, 3.05) is 24.1 Å². The molecule has 0 radical (unpaired) electrons. The van der Waals surface area contributed by atoms with Crippen LogP contribution in [0.3, 0.4) is 0 Å². The number of anilines is 2. The number of amides is 1. The van der Waals surface area contributed by atoms with Gasteiger partial charge in [0.2, 0.25) is 5.91 Å². The second-order valence-corrected chi connectivity index (χ2v) is 6.25. The van der Waals surface area contributed by atoms with Crippen molar-refractivity contribution in [2.24, 2.45) is 5.92 Å². The average Bonchev–Trinajstić information content (AvgIpc) is 2.79. The van der Waals surface area contributed by atoms with Crippen molar-refractivity contribution in [2.45, 2.75) is 26.3 Å².